The van der Waals surface area contributed by atoms with E-state index >= 15 is 0 Å². The van der Waals surface area contributed by atoms with Crippen molar-refractivity contribution in [2.45, 2.75) is 6.04 Å². The predicted octanol–water partition coefficient (Wildman–Crippen LogP) is 4.80. The van der Waals surface area contributed by atoms with Crippen LogP contribution in [-0.2, 0) is 0 Å². The molecule has 4 rings (SSSR count). The molecule has 0 spiro atoms. The highest BCUT2D eigenvalue weighted by molar-refractivity contribution is 7.10. The maximum atomic E-state index is 12.9. The van der Waals surface area contributed by atoms with Gasteiger partial charge in [0.25, 0.3) is 5.91 Å². The minimum absolute atomic E-state index is 0.150. The monoisotopic (exact) mass is 367 g/mol. The van der Waals surface area contributed by atoms with E-state index in [0.29, 0.717) is 10.6 Å². The summed E-state index contributed by atoms with van der Waals surface area (Å²) in [6.07, 6.45) is 1.71. The number of rotatable bonds is 4. The smallest absolute Gasteiger partial charge is 0.254 e. The number of carbonyl (C=O) groups excluding carboxylic acids is 1. The van der Waals surface area contributed by atoms with Crippen LogP contribution in [0.25, 0.3) is 10.9 Å². The fraction of sp³-hybridized carbons (Fsp3) is 0.0526. The van der Waals surface area contributed by atoms with Crippen molar-refractivity contribution in [1.29, 1.82) is 0 Å². The first kappa shape index (κ1) is 15.9. The van der Waals surface area contributed by atoms with E-state index < -0.39 is 0 Å². The molecule has 6 heteroatoms. The number of fused-ring (bicyclic) bond motifs is 1. The lowest BCUT2D eigenvalue weighted by Gasteiger charge is -2.18. The van der Waals surface area contributed by atoms with Gasteiger partial charge in [0.15, 0.2) is 0 Å². The predicted molar refractivity (Wildman–Crippen MR) is 101 cm³/mol. The molecule has 2 heterocycles. The van der Waals surface area contributed by atoms with Gasteiger partial charge in [0.1, 0.15) is 0 Å². The van der Waals surface area contributed by atoms with Crippen LogP contribution in [0.4, 0.5) is 0 Å². The second-order valence-corrected chi connectivity index (χ2v) is 7.03. The van der Waals surface area contributed by atoms with E-state index in [1.165, 1.54) is 0 Å². The molecule has 1 unspecified atom stereocenters. The van der Waals surface area contributed by atoms with Gasteiger partial charge >= 0.3 is 0 Å². The van der Waals surface area contributed by atoms with Crippen LogP contribution < -0.4 is 5.32 Å². The molecule has 124 valence electrons. The van der Waals surface area contributed by atoms with E-state index in [0.717, 1.165) is 21.3 Å². The number of nitrogens with one attached hydrogen (secondary N) is 2. The minimum atomic E-state index is -0.233. The normalized spacial score (nSPS) is 12.2. The molecule has 0 aliphatic rings. The summed E-state index contributed by atoms with van der Waals surface area (Å²) < 4.78 is 0. The number of aromatic nitrogens is 2. The number of nitrogens with zero attached hydrogens (tertiary/aromatic N) is 1. The third-order valence-electron chi connectivity index (χ3n) is 4.03. The number of aromatic amines is 1. The Kier molecular flexibility index (Phi) is 4.26. The summed E-state index contributed by atoms with van der Waals surface area (Å²) in [4.78, 5) is 14.0. The molecule has 0 radical (unpaired) electrons. The number of hydrogen-bond acceptors (Lipinski definition) is 3. The largest absolute Gasteiger partial charge is 0.340 e. The second kappa shape index (κ2) is 6.70. The van der Waals surface area contributed by atoms with Crippen LogP contribution in [0.5, 0.6) is 0 Å². The van der Waals surface area contributed by atoms with Crippen LogP contribution >= 0.6 is 22.9 Å². The van der Waals surface area contributed by atoms with Crippen molar-refractivity contribution in [2.24, 2.45) is 0 Å². The number of H-pyrrole nitrogens is 1. The summed E-state index contributed by atoms with van der Waals surface area (Å²) in [6.45, 7) is 0. The van der Waals surface area contributed by atoms with E-state index in [2.05, 4.69) is 15.5 Å². The van der Waals surface area contributed by atoms with Gasteiger partial charge in [-0.2, -0.15) is 5.10 Å². The van der Waals surface area contributed by atoms with Crippen molar-refractivity contribution in [3.05, 3.63) is 87.2 Å². The second-order valence-electron chi connectivity index (χ2n) is 5.61. The molecular weight excluding hydrogens is 354 g/mol. The molecule has 1 amide bonds. The topological polar surface area (TPSA) is 57.8 Å². The van der Waals surface area contributed by atoms with Crippen molar-refractivity contribution >= 4 is 39.7 Å². The summed E-state index contributed by atoms with van der Waals surface area (Å²) in [5, 5.41) is 13.6. The zero-order chi connectivity index (χ0) is 17.2. The molecule has 4 aromatic rings. The highest BCUT2D eigenvalue weighted by atomic mass is 35.5. The number of amides is 1. The number of carbonyl (C=O) groups is 1. The number of para-hydroxylation sites is 1. The van der Waals surface area contributed by atoms with Crippen molar-refractivity contribution in [2.75, 3.05) is 0 Å². The fourth-order valence-electron chi connectivity index (χ4n) is 2.80. The standard InChI is InChI=1S/C19H14ClN3OS/c20-14-8-6-12(7-9-14)18(16-5-2-10-25-16)22-19(24)15-4-1-3-13-11-21-23-17(13)15/h1-11,18H,(H,21,23)(H,22,24). The van der Waals surface area contributed by atoms with Gasteiger partial charge in [-0.3, -0.25) is 9.89 Å². The molecule has 4 nitrogen and oxygen atoms in total. The van der Waals surface area contributed by atoms with Crippen molar-refractivity contribution < 1.29 is 4.79 Å². The highest BCUT2D eigenvalue weighted by Gasteiger charge is 2.20. The minimum Gasteiger partial charge on any atom is -0.340 e. The number of hydrogen-bond donors (Lipinski definition) is 2. The molecule has 2 N–H and O–H groups in total. The van der Waals surface area contributed by atoms with Crippen molar-refractivity contribution in [3.8, 4) is 0 Å². The lowest BCUT2D eigenvalue weighted by atomic mass is 10.0. The van der Waals surface area contributed by atoms with E-state index in [4.69, 9.17) is 11.6 Å². The average molecular weight is 368 g/mol. The first-order chi connectivity index (χ1) is 12.2. The Bertz CT molecular complexity index is 1010. The van der Waals surface area contributed by atoms with Crippen molar-refractivity contribution in [3.63, 3.8) is 0 Å². The third kappa shape index (κ3) is 3.16. The quantitative estimate of drug-likeness (QED) is 0.544. The van der Waals surface area contributed by atoms with Gasteiger partial charge < -0.3 is 5.32 Å². The van der Waals surface area contributed by atoms with Gasteiger partial charge in [-0.1, -0.05) is 41.9 Å². The average Bonchev–Trinajstić information content (AvgIpc) is 3.31. The Morgan fingerprint density at radius 1 is 1.12 bits per heavy atom. The van der Waals surface area contributed by atoms with Gasteiger partial charge in [0.05, 0.1) is 23.3 Å². The van der Waals surface area contributed by atoms with Gasteiger partial charge in [-0.15, -0.1) is 11.3 Å². The number of halogens is 1. The lowest BCUT2D eigenvalue weighted by molar-refractivity contribution is 0.0945. The van der Waals surface area contributed by atoms with Crippen LogP contribution in [-0.4, -0.2) is 16.1 Å². The van der Waals surface area contributed by atoms with Gasteiger partial charge in [0.2, 0.25) is 0 Å². The summed E-state index contributed by atoms with van der Waals surface area (Å²) >= 11 is 7.60. The highest BCUT2D eigenvalue weighted by Crippen LogP contribution is 2.28. The Balaban J connectivity index is 1.70. The van der Waals surface area contributed by atoms with Crippen LogP contribution in [0.2, 0.25) is 5.02 Å². The van der Waals surface area contributed by atoms with Crippen LogP contribution in [0, 0.1) is 0 Å². The van der Waals surface area contributed by atoms with Crippen LogP contribution in [0.3, 0.4) is 0 Å². The Hall–Kier alpha value is -2.63. The molecule has 0 bridgehead atoms. The molecule has 25 heavy (non-hydrogen) atoms. The Morgan fingerprint density at radius 2 is 1.96 bits per heavy atom. The lowest BCUT2D eigenvalue weighted by Crippen LogP contribution is -2.29. The summed E-state index contributed by atoms with van der Waals surface area (Å²) in [5.74, 6) is -0.150. The zero-order valence-electron chi connectivity index (χ0n) is 13.1. The molecule has 0 aliphatic heterocycles. The SMILES string of the molecule is O=C(NC(c1ccc(Cl)cc1)c1cccs1)c1cccc2cn[nH]c12. The summed E-state index contributed by atoms with van der Waals surface area (Å²) in [7, 11) is 0. The fourth-order valence-corrected chi connectivity index (χ4v) is 3.72. The molecule has 0 aliphatic carbocycles. The Morgan fingerprint density at radius 3 is 2.72 bits per heavy atom. The van der Waals surface area contributed by atoms with Gasteiger partial charge in [-0.05, 0) is 35.2 Å². The van der Waals surface area contributed by atoms with Crippen LogP contribution in [0.15, 0.2) is 66.2 Å². The van der Waals surface area contributed by atoms with Crippen molar-refractivity contribution in [1.82, 2.24) is 15.5 Å². The molecule has 2 aromatic heterocycles. The number of thiophene rings is 1. The first-order valence-electron chi connectivity index (χ1n) is 7.74. The van der Waals surface area contributed by atoms with Gasteiger partial charge in [-0.25, -0.2) is 0 Å². The molecule has 0 saturated carbocycles. The molecular formula is C19H14ClN3OS. The first-order valence-corrected chi connectivity index (χ1v) is 9.00. The maximum absolute atomic E-state index is 12.9. The van der Waals surface area contributed by atoms with E-state index in [9.17, 15) is 4.79 Å². The Labute approximate surface area is 153 Å². The van der Waals surface area contributed by atoms with Gasteiger partial charge in [0, 0.05) is 15.3 Å². The maximum Gasteiger partial charge on any atom is 0.254 e. The molecule has 0 saturated heterocycles. The molecule has 2 aromatic carbocycles. The third-order valence-corrected chi connectivity index (χ3v) is 5.22. The summed E-state index contributed by atoms with van der Waals surface area (Å²) in [5.41, 5.74) is 2.29. The van der Waals surface area contributed by atoms with E-state index in [1.54, 1.807) is 23.6 Å². The zero-order valence-corrected chi connectivity index (χ0v) is 14.6. The molecule has 1 atom stereocenters. The number of benzene rings is 2. The molecule has 0 fully saturated rings. The van der Waals surface area contributed by atoms with E-state index in [-0.39, 0.29) is 11.9 Å². The summed E-state index contributed by atoms with van der Waals surface area (Å²) in [6, 6.07) is 16.9. The van der Waals surface area contributed by atoms with E-state index in [1.807, 2.05) is 53.9 Å². The van der Waals surface area contributed by atoms with Crippen LogP contribution in [0.1, 0.15) is 26.8 Å².